The molecule has 0 spiro atoms. The third-order valence-electron chi connectivity index (χ3n) is 2.12. The maximum absolute atomic E-state index is 13.2. The van der Waals surface area contributed by atoms with E-state index in [1.54, 1.807) is 0 Å². The number of esters is 1. The Kier molecular flexibility index (Phi) is 2.40. The zero-order valence-corrected chi connectivity index (χ0v) is 8.31. The van der Waals surface area contributed by atoms with Crippen molar-refractivity contribution in [2.45, 2.75) is 0 Å². The van der Waals surface area contributed by atoms with Gasteiger partial charge in [0.1, 0.15) is 5.56 Å². The van der Waals surface area contributed by atoms with Gasteiger partial charge in [-0.15, -0.1) is 0 Å². The van der Waals surface area contributed by atoms with Crippen LogP contribution in [0.5, 0.6) is 0 Å². The lowest BCUT2D eigenvalue weighted by atomic mass is 10.2. The summed E-state index contributed by atoms with van der Waals surface area (Å²) in [5, 5.41) is 0. The summed E-state index contributed by atoms with van der Waals surface area (Å²) < 4.78 is 18.8. The van der Waals surface area contributed by atoms with Crippen molar-refractivity contribution >= 4 is 17.9 Å². The van der Waals surface area contributed by atoms with Gasteiger partial charge in [0, 0.05) is 11.8 Å². The number of nitrogens with zero attached hydrogens (tertiary/aromatic N) is 2. The minimum Gasteiger partial charge on any atom is -0.465 e. The number of methoxy groups -OCH3 is 1. The topological polar surface area (TPSA) is 60.7 Å². The van der Waals surface area contributed by atoms with Crippen molar-refractivity contribution < 1.29 is 18.7 Å². The Morgan fingerprint density at radius 2 is 2.38 bits per heavy atom. The summed E-state index contributed by atoms with van der Waals surface area (Å²) >= 11 is 0. The molecule has 0 saturated carbocycles. The second-order valence-corrected chi connectivity index (χ2v) is 3.07. The van der Waals surface area contributed by atoms with Crippen LogP contribution in [0, 0.1) is 5.95 Å². The van der Waals surface area contributed by atoms with Crippen molar-refractivity contribution in [1.29, 1.82) is 0 Å². The summed E-state index contributed by atoms with van der Waals surface area (Å²) in [6.07, 6.45) is 2.75. The van der Waals surface area contributed by atoms with Gasteiger partial charge in [0.25, 0.3) is 0 Å². The number of rotatable bonds is 2. The highest BCUT2D eigenvalue weighted by atomic mass is 19.1. The van der Waals surface area contributed by atoms with Gasteiger partial charge in [-0.3, -0.25) is 9.20 Å². The summed E-state index contributed by atoms with van der Waals surface area (Å²) in [5.74, 6) is -1.32. The normalized spacial score (nSPS) is 10.4. The second kappa shape index (κ2) is 3.73. The van der Waals surface area contributed by atoms with Crippen LogP contribution in [-0.2, 0) is 4.74 Å². The highest BCUT2D eigenvalue weighted by Crippen LogP contribution is 2.14. The van der Waals surface area contributed by atoms with Gasteiger partial charge in [-0.05, 0) is 6.07 Å². The fourth-order valence-corrected chi connectivity index (χ4v) is 1.40. The first-order chi connectivity index (χ1) is 7.67. The number of hydrogen-bond acceptors (Lipinski definition) is 4. The van der Waals surface area contributed by atoms with Crippen LogP contribution in [0.2, 0.25) is 0 Å². The number of pyridine rings is 1. The van der Waals surface area contributed by atoms with Crippen LogP contribution in [-0.4, -0.2) is 28.7 Å². The Hall–Kier alpha value is -2.24. The molecule has 2 aromatic heterocycles. The van der Waals surface area contributed by atoms with E-state index in [9.17, 15) is 14.0 Å². The number of ether oxygens (including phenoxy) is 1. The molecule has 0 aromatic carbocycles. The fourth-order valence-electron chi connectivity index (χ4n) is 1.40. The van der Waals surface area contributed by atoms with Gasteiger partial charge < -0.3 is 4.74 Å². The molecule has 6 heteroatoms. The molecule has 0 saturated heterocycles. The smallest absolute Gasteiger partial charge is 0.341 e. The Labute approximate surface area is 89.5 Å². The standard InChI is InChI=1S/C10H7FN2O3/c1-16-10(15)7-2-6(5-14)4-13-8(11)3-12-9(7)13/h2-5H,1H3. The molecule has 0 unspecified atom stereocenters. The molecule has 2 aromatic rings. The second-order valence-electron chi connectivity index (χ2n) is 3.07. The van der Waals surface area contributed by atoms with E-state index >= 15 is 0 Å². The Morgan fingerprint density at radius 3 is 3.00 bits per heavy atom. The molecule has 0 radical (unpaired) electrons. The van der Waals surface area contributed by atoms with E-state index in [4.69, 9.17) is 0 Å². The molecule has 2 rings (SSSR count). The maximum Gasteiger partial charge on any atom is 0.341 e. The van der Waals surface area contributed by atoms with Crippen molar-refractivity contribution in [3.05, 3.63) is 35.5 Å². The van der Waals surface area contributed by atoms with E-state index < -0.39 is 11.9 Å². The number of imidazole rings is 1. The molecule has 2 heterocycles. The minimum absolute atomic E-state index is 0.0519. The molecule has 82 valence electrons. The molecular weight excluding hydrogens is 215 g/mol. The van der Waals surface area contributed by atoms with Crippen molar-refractivity contribution in [3.8, 4) is 0 Å². The van der Waals surface area contributed by atoms with E-state index in [0.717, 1.165) is 10.6 Å². The zero-order valence-electron chi connectivity index (χ0n) is 8.31. The van der Waals surface area contributed by atoms with Crippen molar-refractivity contribution in [1.82, 2.24) is 9.38 Å². The molecule has 5 nitrogen and oxygen atoms in total. The fraction of sp³-hybridized carbons (Fsp3) is 0.100. The molecule has 0 fully saturated rings. The van der Waals surface area contributed by atoms with Gasteiger partial charge in [0.2, 0.25) is 5.95 Å². The van der Waals surface area contributed by atoms with Crippen molar-refractivity contribution in [2.75, 3.05) is 7.11 Å². The SMILES string of the molecule is COC(=O)c1cc(C=O)cn2c(F)cnc12. The van der Waals surface area contributed by atoms with Gasteiger partial charge in [-0.1, -0.05) is 0 Å². The van der Waals surface area contributed by atoms with E-state index in [1.807, 2.05) is 0 Å². The van der Waals surface area contributed by atoms with E-state index in [0.29, 0.717) is 6.29 Å². The van der Waals surface area contributed by atoms with E-state index in [-0.39, 0.29) is 16.8 Å². The number of hydrogen-bond donors (Lipinski definition) is 0. The number of carbonyl (C=O) groups is 2. The molecule has 0 aliphatic rings. The van der Waals surface area contributed by atoms with Crippen LogP contribution in [0.1, 0.15) is 20.7 Å². The van der Waals surface area contributed by atoms with Crippen LogP contribution in [0.15, 0.2) is 18.5 Å². The summed E-state index contributed by atoms with van der Waals surface area (Å²) in [5.41, 5.74) is 0.343. The molecule has 0 aliphatic carbocycles. The molecule has 16 heavy (non-hydrogen) atoms. The van der Waals surface area contributed by atoms with Crippen LogP contribution in [0.4, 0.5) is 4.39 Å². The van der Waals surface area contributed by atoms with Gasteiger partial charge in [-0.25, -0.2) is 9.78 Å². The highest BCUT2D eigenvalue weighted by molar-refractivity contribution is 5.97. The summed E-state index contributed by atoms with van der Waals surface area (Å²) in [6.45, 7) is 0. The number of halogens is 1. The number of aromatic nitrogens is 2. The first kappa shape index (κ1) is 10.3. The molecule has 0 N–H and O–H groups in total. The molecule has 0 aliphatic heterocycles. The lowest BCUT2D eigenvalue weighted by molar-refractivity contribution is 0.0602. The molecule has 0 amide bonds. The first-order valence-corrected chi connectivity index (χ1v) is 4.37. The maximum atomic E-state index is 13.2. The zero-order chi connectivity index (χ0) is 11.7. The number of fused-ring (bicyclic) bond motifs is 1. The molecule has 0 atom stereocenters. The van der Waals surface area contributed by atoms with Crippen LogP contribution in [0.3, 0.4) is 0 Å². The van der Waals surface area contributed by atoms with Crippen molar-refractivity contribution in [3.63, 3.8) is 0 Å². The lowest BCUT2D eigenvalue weighted by Gasteiger charge is -2.03. The Bertz CT molecular complexity index is 577. The van der Waals surface area contributed by atoms with Gasteiger partial charge >= 0.3 is 5.97 Å². The average Bonchev–Trinajstić information content (AvgIpc) is 2.69. The summed E-state index contributed by atoms with van der Waals surface area (Å²) in [7, 11) is 1.20. The van der Waals surface area contributed by atoms with Crippen LogP contribution in [0.25, 0.3) is 5.65 Å². The van der Waals surface area contributed by atoms with E-state index in [1.165, 1.54) is 19.4 Å². The predicted octanol–water partition coefficient (Wildman–Crippen LogP) is 1.07. The summed E-state index contributed by atoms with van der Waals surface area (Å²) in [6, 6.07) is 1.31. The third kappa shape index (κ3) is 1.44. The van der Waals surface area contributed by atoms with Gasteiger partial charge in [0.15, 0.2) is 11.9 Å². The lowest BCUT2D eigenvalue weighted by Crippen LogP contribution is -2.06. The van der Waals surface area contributed by atoms with Gasteiger partial charge in [-0.2, -0.15) is 4.39 Å². The largest absolute Gasteiger partial charge is 0.465 e. The van der Waals surface area contributed by atoms with Gasteiger partial charge in [0.05, 0.1) is 13.3 Å². The first-order valence-electron chi connectivity index (χ1n) is 4.37. The van der Waals surface area contributed by atoms with Crippen LogP contribution >= 0.6 is 0 Å². The monoisotopic (exact) mass is 222 g/mol. The quantitative estimate of drug-likeness (QED) is 0.563. The Balaban J connectivity index is 2.79. The highest BCUT2D eigenvalue weighted by Gasteiger charge is 2.15. The minimum atomic E-state index is -0.667. The number of aldehydes is 1. The van der Waals surface area contributed by atoms with Crippen molar-refractivity contribution in [2.24, 2.45) is 0 Å². The number of carbonyl (C=O) groups excluding carboxylic acids is 2. The van der Waals surface area contributed by atoms with E-state index in [2.05, 4.69) is 9.72 Å². The molecule has 0 bridgehead atoms. The summed E-state index contributed by atoms with van der Waals surface area (Å²) in [4.78, 5) is 25.8. The molecular formula is C10H7FN2O3. The third-order valence-corrected chi connectivity index (χ3v) is 2.12. The predicted molar refractivity (Wildman–Crippen MR) is 51.9 cm³/mol. The van der Waals surface area contributed by atoms with Crippen LogP contribution < -0.4 is 0 Å². The average molecular weight is 222 g/mol. The Morgan fingerprint density at radius 1 is 1.62 bits per heavy atom.